The minimum absolute atomic E-state index is 0.182. The lowest BCUT2D eigenvalue weighted by atomic mass is 9.99. The normalized spacial score (nSPS) is 11.7. The number of ether oxygens (including phenoxy) is 1. The van der Waals surface area contributed by atoms with Gasteiger partial charge in [-0.15, -0.1) is 0 Å². The van der Waals surface area contributed by atoms with E-state index in [9.17, 15) is 43.9 Å². The molecule has 0 aliphatic heterocycles. The second kappa shape index (κ2) is 13.0. The van der Waals surface area contributed by atoms with Crippen molar-refractivity contribution in [3.8, 4) is 28.7 Å². The van der Waals surface area contributed by atoms with E-state index < -0.39 is 58.2 Å². The average Bonchev–Trinajstić information content (AvgIpc) is 2.90. The molecule has 0 spiro atoms. The lowest BCUT2D eigenvalue weighted by Crippen LogP contribution is -2.25. The maximum Gasteiger partial charge on any atom is 0.432 e. The number of hydrogen-bond acceptors (Lipinski definition) is 1. The summed E-state index contributed by atoms with van der Waals surface area (Å²) < 4.78 is 143. The zero-order chi connectivity index (χ0) is 32.2. The Bertz CT molecular complexity index is 1670. The standard InChI is InChI=1S/C33H22F10O/c1-2-3-4-5-20-10-13-24(25(34)14-20)22-11-8-19(9-12-22)6-7-21-15-26(35)31(27(36)16-21)33(42,43)44-23-17-28(37)30(29(38)18-23)32(39,40)41/h8-18H,2-5H2,1H3. The fourth-order valence-corrected chi connectivity index (χ4v) is 4.41. The van der Waals surface area contributed by atoms with Crippen LogP contribution in [0.2, 0.25) is 0 Å². The fraction of sp³-hybridized carbons (Fsp3) is 0.212. The molecule has 0 amide bonds. The van der Waals surface area contributed by atoms with Gasteiger partial charge in [-0.1, -0.05) is 55.9 Å². The monoisotopic (exact) mass is 624 g/mol. The molecule has 4 rings (SSSR count). The molecule has 44 heavy (non-hydrogen) atoms. The van der Waals surface area contributed by atoms with Crippen molar-refractivity contribution in [3.63, 3.8) is 0 Å². The van der Waals surface area contributed by atoms with E-state index in [2.05, 4.69) is 23.5 Å². The molecule has 0 aromatic heterocycles. The van der Waals surface area contributed by atoms with Gasteiger partial charge in [-0.25, -0.2) is 22.0 Å². The zero-order valence-electron chi connectivity index (χ0n) is 22.9. The molecule has 0 fully saturated rings. The summed E-state index contributed by atoms with van der Waals surface area (Å²) in [6, 6.07) is 11.8. The van der Waals surface area contributed by atoms with E-state index >= 15 is 0 Å². The van der Waals surface area contributed by atoms with Gasteiger partial charge in [0.15, 0.2) is 0 Å². The molecule has 0 unspecified atom stereocenters. The van der Waals surface area contributed by atoms with Crippen LogP contribution in [0.3, 0.4) is 0 Å². The van der Waals surface area contributed by atoms with E-state index in [0.717, 1.165) is 31.2 Å². The highest BCUT2D eigenvalue weighted by atomic mass is 19.4. The molecule has 0 bridgehead atoms. The van der Waals surface area contributed by atoms with Crippen LogP contribution < -0.4 is 4.74 Å². The quantitative estimate of drug-likeness (QED) is 0.108. The molecule has 11 heteroatoms. The molecule has 1 nitrogen and oxygen atoms in total. The summed E-state index contributed by atoms with van der Waals surface area (Å²) in [5.74, 6) is -5.01. The summed E-state index contributed by atoms with van der Waals surface area (Å²) in [5.41, 5.74) is -2.48. The summed E-state index contributed by atoms with van der Waals surface area (Å²) in [5, 5.41) is 0. The molecule has 0 atom stereocenters. The lowest BCUT2D eigenvalue weighted by Gasteiger charge is -2.20. The number of unbranched alkanes of at least 4 members (excludes halogenated alkanes) is 2. The maximum absolute atomic E-state index is 14.7. The van der Waals surface area contributed by atoms with E-state index in [0.29, 0.717) is 28.8 Å². The first kappa shape index (κ1) is 32.5. The summed E-state index contributed by atoms with van der Waals surface area (Å²) in [7, 11) is 0. The molecular formula is C33H22F10O. The minimum atomic E-state index is -5.47. The predicted molar refractivity (Wildman–Crippen MR) is 143 cm³/mol. The highest BCUT2D eigenvalue weighted by molar-refractivity contribution is 5.65. The first-order valence-corrected chi connectivity index (χ1v) is 13.2. The molecule has 0 N–H and O–H groups in total. The third-order valence-electron chi connectivity index (χ3n) is 6.53. The van der Waals surface area contributed by atoms with Gasteiger partial charge in [0.2, 0.25) is 0 Å². The van der Waals surface area contributed by atoms with Gasteiger partial charge in [0.1, 0.15) is 46.0 Å². The van der Waals surface area contributed by atoms with Crippen molar-refractivity contribution < 1.29 is 48.6 Å². The summed E-state index contributed by atoms with van der Waals surface area (Å²) in [6.07, 6.45) is -6.52. The van der Waals surface area contributed by atoms with Crippen LogP contribution in [0.1, 0.15) is 54.0 Å². The van der Waals surface area contributed by atoms with Gasteiger partial charge >= 0.3 is 12.3 Å². The largest absolute Gasteiger partial charge is 0.432 e. The van der Waals surface area contributed by atoms with Gasteiger partial charge in [-0.3, -0.25) is 0 Å². The van der Waals surface area contributed by atoms with Crippen LogP contribution in [0.5, 0.6) is 5.75 Å². The van der Waals surface area contributed by atoms with Crippen LogP contribution in [0.25, 0.3) is 11.1 Å². The molecule has 0 radical (unpaired) electrons. The Morgan fingerprint density at radius 1 is 0.614 bits per heavy atom. The molecule has 0 saturated carbocycles. The minimum Gasteiger partial charge on any atom is -0.429 e. The Morgan fingerprint density at radius 3 is 1.73 bits per heavy atom. The number of aryl methyl sites for hydroxylation is 1. The molecule has 4 aromatic carbocycles. The lowest BCUT2D eigenvalue weighted by molar-refractivity contribution is -0.189. The van der Waals surface area contributed by atoms with Crippen molar-refractivity contribution in [2.75, 3.05) is 0 Å². The van der Waals surface area contributed by atoms with Gasteiger partial charge in [0.05, 0.1) is 0 Å². The number of rotatable bonds is 8. The summed E-state index contributed by atoms with van der Waals surface area (Å²) in [4.78, 5) is 0. The first-order chi connectivity index (χ1) is 20.7. The van der Waals surface area contributed by atoms with Gasteiger partial charge in [0.25, 0.3) is 0 Å². The second-order valence-electron chi connectivity index (χ2n) is 9.79. The van der Waals surface area contributed by atoms with Crippen LogP contribution in [0.4, 0.5) is 43.9 Å². The van der Waals surface area contributed by atoms with Gasteiger partial charge in [0, 0.05) is 28.8 Å². The Kier molecular flexibility index (Phi) is 9.62. The number of halogens is 10. The average molecular weight is 625 g/mol. The fourth-order valence-electron chi connectivity index (χ4n) is 4.41. The van der Waals surface area contributed by atoms with Gasteiger partial charge in [-0.2, -0.15) is 22.0 Å². The highest BCUT2D eigenvalue weighted by Crippen LogP contribution is 2.39. The van der Waals surface area contributed by atoms with Crippen molar-refractivity contribution in [2.45, 2.75) is 44.9 Å². The molecule has 0 aliphatic carbocycles. The van der Waals surface area contributed by atoms with Crippen LogP contribution in [0.15, 0.2) is 66.7 Å². The third kappa shape index (κ3) is 7.54. The topological polar surface area (TPSA) is 9.23 Å². The predicted octanol–water partition coefficient (Wildman–Crippen LogP) is 10.3. The number of benzene rings is 4. The number of alkyl halides is 5. The van der Waals surface area contributed by atoms with Crippen molar-refractivity contribution >= 4 is 0 Å². The highest BCUT2D eigenvalue weighted by Gasteiger charge is 2.43. The Morgan fingerprint density at radius 2 is 1.18 bits per heavy atom. The summed E-state index contributed by atoms with van der Waals surface area (Å²) >= 11 is 0. The molecule has 4 aromatic rings. The van der Waals surface area contributed by atoms with Crippen LogP contribution in [0, 0.1) is 40.9 Å². The van der Waals surface area contributed by atoms with Crippen molar-refractivity contribution in [1.29, 1.82) is 0 Å². The molecule has 0 aliphatic rings. The Balaban J connectivity index is 1.51. The second-order valence-corrected chi connectivity index (χ2v) is 9.79. The number of hydrogen-bond donors (Lipinski definition) is 0. The smallest absolute Gasteiger partial charge is 0.429 e. The molecule has 0 heterocycles. The SMILES string of the molecule is CCCCCc1ccc(-c2ccc(C#Cc3cc(F)c(C(F)(F)Oc4cc(F)c(C(F)(F)F)c(F)c4)c(F)c3)cc2)c(F)c1. The van der Waals surface area contributed by atoms with Gasteiger partial charge < -0.3 is 4.74 Å². The first-order valence-electron chi connectivity index (χ1n) is 13.2. The molecule has 230 valence electrons. The van der Waals surface area contributed by atoms with Crippen molar-refractivity contribution in [1.82, 2.24) is 0 Å². The van der Waals surface area contributed by atoms with Crippen LogP contribution in [-0.4, -0.2) is 0 Å². The van der Waals surface area contributed by atoms with Crippen LogP contribution >= 0.6 is 0 Å². The Labute approximate surface area is 246 Å². The third-order valence-corrected chi connectivity index (χ3v) is 6.53. The van der Waals surface area contributed by atoms with E-state index in [-0.39, 0.29) is 17.7 Å². The van der Waals surface area contributed by atoms with E-state index in [1.807, 2.05) is 6.07 Å². The molecular weight excluding hydrogens is 602 g/mol. The van der Waals surface area contributed by atoms with Crippen molar-refractivity contribution in [3.05, 3.63) is 124 Å². The molecule has 0 saturated heterocycles. The van der Waals surface area contributed by atoms with E-state index in [1.54, 1.807) is 18.2 Å². The Hall–Kier alpha value is -4.46. The van der Waals surface area contributed by atoms with Crippen LogP contribution in [-0.2, 0) is 18.7 Å². The maximum atomic E-state index is 14.7. The zero-order valence-corrected chi connectivity index (χ0v) is 22.9. The van der Waals surface area contributed by atoms with E-state index in [4.69, 9.17) is 0 Å². The van der Waals surface area contributed by atoms with Gasteiger partial charge in [-0.05, 0) is 54.3 Å². The summed E-state index contributed by atoms with van der Waals surface area (Å²) in [6.45, 7) is 2.08. The van der Waals surface area contributed by atoms with Crippen molar-refractivity contribution in [2.24, 2.45) is 0 Å². The van der Waals surface area contributed by atoms with E-state index in [1.165, 1.54) is 18.2 Å².